The Morgan fingerprint density at radius 2 is 2.00 bits per heavy atom. The molecule has 1 nitrogen and oxygen atoms in total. The molecule has 0 saturated heterocycles. The van der Waals surface area contributed by atoms with E-state index in [0.717, 1.165) is 24.1 Å². The second-order valence-electron chi connectivity index (χ2n) is 3.58. The van der Waals surface area contributed by atoms with E-state index in [1.165, 1.54) is 5.56 Å². The molecule has 14 heavy (non-hydrogen) atoms. The van der Waals surface area contributed by atoms with E-state index in [4.69, 9.17) is 4.74 Å². The zero-order valence-corrected chi connectivity index (χ0v) is 10.4. The molecule has 2 heteroatoms. The normalized spacial score (nSPS) is 10.6. The van der Waals surface area contributed by atoms with Crippen LogP contribution in [-0.4, -0.2) is 11.9 Å². The van der Waals surface area contributed by atoms with Gasteiger partial charge >= 0.3 is 0 Å². The summed E-state index contributed by atoms with van der Waals surface area (Å²) in [7, 11) is 0. The number of rotatable bonds is 5. The predicted octanol–water partition coefficient (Wildman–Crippen LogP) is 3.97. The summed E-state index contributed by atoms with van der Waals surface area (Å²) >= 11 is 3.39. The lowest BCUT2D eigenvalue weighted by Crippen LogP contribution is -2.01. The van der Waals surface area contributed by atoms with Crippen molar-refractivity contribution in [3.8, 4) is 5.75 Å². The first-order valence-electron chi connectivity index (χ1n) is 5.03. The Balaban J connectivity index is 2.64. The van der Waals surface area contributed by atoms with E-state index < -0.39 is 0 Å². The fraction of sp³-hybridized carbons (Fsp3) is 0.500. The second kappa shape index (κ2) is 6.07. The van der Waals surface area contributed by atoms with Crippen LogP contribution in [0.5, 0.6) is 5.75 Å². The maximum absolute atomic E-state index is 5.71. The Bertz CT molecular complexity index is 271. The average molecular weight is 257 g/mol. The van der Waals surface area contributed by atoms with Gasteiger partial charge in [0.1, 0.15) is 5.75 Å². The van der Waals surface area contributed by atoms with Crippen molar-refractivity contribution < 1.29 is 4.74 Å². The largest absolute Gasteiger partial charge is 0.493 e. The molecule has 0 radical (unpaired) electrons. The molecule has 0 aliphatic carbocycles. The third-order valence-electron chi connectivity index (χ3n) is 2.08. The van der Waals surface area contributed by atoms with Gasteiger partial charge in [-0.2, -0.15) is 0 Å². The van der Waals surface area contributed by atoms with E-state index >= 15 is 0 Å². The van der Waals surface area contributed by atoms with Gasteiger partial charge in [0.2, 0.25) is 0 Å². The Morgan fingerprint density at radius 3 is 2.64 bits per heavy atom. The summed E-state index contributed by atoms with van der Waals surface area (Å²) in [6, 6.07) is 8.26. The molecule has 0 aliphatic rings. The molecule has 1 aromatic carbocycles. The first kappa shape index (κ1) is 11.6. The van der Waals surface area contributed by atoms with Gasteiger partial charge in [0.25, 0.3) is 0 Å². The van der Waals surface area contributed by atoms with Crippen molar-refractivity contribution in [3.05, 3.63) is 29.8 Å². The van der Waals surface area contributed by atoms with E-state index in [1.54, 1.807) is 0 Å². The fourth-order valence-corrected chi connectivity index (χ4v) is 1.55. The second-order valence-corrected chi connectivity index (χ2v) is 4.38. The summed E-state index contributed by atoms with van der Waals surface area (Å²) in [6.45, 7) is 5.16. The molecule has 0 aliphatic heterocycles. The minimum atomic E-state index is 0.523. The number of ether oxygens (including phenoxy) is 1. The third-order valence-corrected chi connectivity index (χ3v) is 2.64. The van der Waals surface area contributed by atoms with Gasteiger partial charge < -0.3 is 4.74 Å². The topological polar surface area (TPSA) is 9.23 Å². The summed E-state index contributed by atoms with van der Waals surface area (Å²) in [5, 5.41) is 0.997. The fourth-order valence-electron chi connectivity index (χ4n) is 1.33. The molecule has 0 spiro atoms. The molecule has 78 valence electrons. The van der Waals surface area contributed by atoms with Crippen molar-refractivity contribution in [3.63, 3.8) is 0 Å². The lowest BCUT2D eigenvalue weighted by Gasteiger charge is -2.13. The van der Waals surface area contributed by atoms with Crippen LogP contribution in [0.2, 0.25) is 0 Å². The minimum Gasteiger partial charge on any atom is -0.493 e. The highest BCUT2D eigenvalue weighted by molar-refractivity contribution is 9.09. The quantitative estimate of drug-likeness (QED) is 0.572. The van der Waals surface area contributed by atoms with E-state index in [-0.39, 0.29) is 0 Å². The van der Waals surface area contributed by atoms with Crippen molar-refractivity contribution in [1.82, 2.24) is 0 Å². The van der Waals surface area contributed by atoms with Crippen molar-refractivity contribution >= 4 is 15.9 Å². The average Bonchev–Trinajstić information content (AvgIpc) is 2.19. The lowest BCUT2D eigenvalue weighted by molar-refractivity contribution is 0.314. The number of benzene rings is 1. The van der Waals surface area contributed by atoms with Crippen molar-refractivity contribution in [1.29, 1.82) is 0 Å². The minimum absolute atomic E-state index is 0.523. The molecule has 0 aromatic heterocycles. The molecule has 0 heterocycles. The van der Waals surface area contributed by atoms with Crippen LogP contribution in [0.1, 0.15) is 31.7 Å². The predicted molar refractivity (Wildman–Crippen MR) is 64.4 cm³/mol. The van der Waals surface area contributed by atoms with E-state index in [9.17, 15) is 0 Å². The number of hydrogen-bond donors (Lipinski definition) is 0. The monoisotopic (exact) mass is 256 g/mol. The summed E-state index contributed by atoms with van der Waals surface area (Å²) in [4.78, 5) is 0. The standard InChI is InChI=1S/C12H17BrO/c1-10(2)11-6-3-4-7-12(11)14-9-5-8-13/h3-4,6-7,10H,5,8-9H2,1-2H3. The van der Waals surface area contributed by atoms with Gasteiger partial charge in [0.05, 0.1) is 6.61 Å². The van der Waals surface area contributed by atoms with Crippen LogP contribution in [0, 0.1) is 0 Å². The molecule has 0 bridgehead atoms. The first-order chi connectivity index (χ1) is 6.75. The SMILES string of the molecule is CC(C)c1ccccc1OCCCBr. The lowest BCUT2D eigenvalue weighted by atomic mass is 10.0. The van der Waals surface area contributed by atoms with Crippen LogP contribution in [-0.2, 0) is 0 Å². The van der Waals surface area contributed by atoms with Gasteiger partial charge in [0, 0.05) is 5.33 Å². The molecule has 0 amide bonds. The van der Waals surface area contributed by atoms with E-state index in [2.05, 4.69) is 41.9 Å². The van der Waals surface area contributed by atoms with E-state index in [0.29, 0.717) is 5.92 Å². The van der Waals surface area contributed by atoms with Crippen LogP contribution in [0.25, 0.3) is 0 Å². The van der Waals surface area contributed by atoms with Gasteiger partial charge in [-0.3, -0.25) is 0 Å². The van der Waals surface area contributed by atoms with Gasteiger partial charge in [0.15, 0.2) is 0 Å². The summed E-state index contributed by atoms with van der Waals surface area (Å²) in [5.74, 6) is 1.55. The molecular formula is C12H17BrO. The van der Waals surface area contributed by atoms with Gasteiger partial charge in [-0.1, -0.05) is 48.0 Å². The van der Waals surface area contributed by atoms with Gasteiger partial charge in [-0.05, 0) is 24.0 Å². The van der Waals surface area contributed by atoms with Crippen LogP contribution in [0.4, 0.5) is 0 Å². The maximum Gasteiger partial charge on any atom is 0.122 e. The summed E-state index contributed by atoms with van der Waals surface area (Å²) in [5.41, 5.74) is 1.29. The summed E-state index contributed by atoms with van der Waals surface area (Å²) < 4.78 is 5.71. The van der Waals surface area contributed by atoms with Crippen LogP contribution in [0.15, 0.2) is 24.3 Å². The Kier molecular flexibility index (Phi) is 5.02. The zero-order valence-electron chi connectivity index (χ0n) is 8.79. The highest BCUT2D eigenvalue weighted by Crippen LogP contribution is 2.25. The Labute approximate surface area is 94.6 Å². The first-order valence-corrected chi connectivity index (χ1v) is 6.15. The maximum atomic E-state index is 5.71. The number of para-hydroxylation sites is 1. The molecule has 1 rings (SSSR count). The molecule has 0 N–H and O–H groups in total. The molecule has 1 aromatic rings. The van der Waals surface area contributed by atoms with Crippen LogP contribution >= 0.6 is 15.9 Å². The van der Waals surface area contributed by atoms with Crippen LogP contribution < -0.4 is 4.74 Å². The number of alkyl halides is 1. The number of halogens is 1. The molecular weight excluding hydrogens is 240 g/mol. The van der Waals surface area contributed by atoms with E-state index in [1.807, 2.05) is 12.1 Å². The van der Waals surface area contributed by atoms with Crippen LogP contribution in [0.3, 0.4) is 0 Å². The van der Waals surface area contributed by atoms with Crippen molar-refractivity contribution in [2.75, 3.05) is 11.9 Å². The molecule has 0 saturated carbocycles. The van der Waals surface area contributed by atoms with Gasteiger partial charge in [-0.25, -0.2) is 0 Å². The van der Waals surface area contributed by atoms with Crippen molar-refractivity contribution in [2.45, 2.75) is 26.2 Å². The molecule has 0 atom stereocenters. The molecule has 0 fully saturated rings. The van der Waals surface area contributed by atoms with Crippen molar-refractivity contribution in [2.24, 2.45) is 0 Å². The Hall–Kier alpha value is -0.500. The number of hydrogen-bond acceptors (Lipinski definition) is 1. The zero-order chi connectivity index (χ0) is 10.4. The smallest absolute Gasteiger partial charge is 0.122 e. The molecule has 0 unspecified atom stereocenters. The summed E-state index contributed by atoms with van der Waals surface area (Å²) in [6.07, 6.45) is 1.05. The third kappa shape index (κ3) is 3.33. The van der Waals surface area contributed by atoms with Gasteiger partial charge in [-0.15, -0.1) is 0 Å². The highest BCUT2D eigenvalue weighted by Gasteiger charge is 2.05. The Morgan fingerprint density at radius 1 is 1.29 bits per heavy atom. The highest BCUT2D eigenvalue weighted by atomic mass is 79.9.